The van der Waals surface area contributed by atoms with Crippen molar-refractivity contribution in [2.75, 3.05) is 11.1 Å². The molecule has 0 bridgehead atoms. The van der Waals surface area contributed by atoms with Crippen molar-refractivity contribution in [3.8, 4) is 0 Å². The van der Waals surface area contributed by atoms with Crippen molar-refractivity contribution in [1.29, 1.82) is 0 Å². The van der Waals surface area contributed by atoms with E-state index in [1.807, 2.05) is 6.92 Å². The van der Waals surface area contributed by atoms with Crippen LogP contribution in [0.4, 0.5) is 18.9 Å². The first kappa shape index (κ1) is 17.6. The first-order valence-corrected chi connectivity index (χ1v) is 7.86. The Kier molecular flexibility index (Phi) is 5.53. The number of aryl methyl sites for hydroxylation is 1. The highest BCUT2D eigenvalue weighted by molar-refractivity contribution is 7.99. The highest BCUT2D eigenvalue weighted by Crippen LogP contribution is 2.36. The molecule has 1 heterocycles. The number of alkyl halides is 3. The zero-order valence-electron chi connectivity index (χ0n) is 11.9. The van der Waals surface area contributed by atoms with Crippen LogP contribution < -0.4 is 5.32 Å². The molecule has 124 valence electrons. The van der Waals surface area contributed by atoms with Crippen LogP contribution in [0.5, 0.6) is 0 Å². The Labute approximate surface area is 139 Å². The molecule has 0 spiro atoms. The van der Waals surface area contributed by atoms with E-state index in [2.05, 4.69) is 20.5 Å². The zero-order chi connectivity index (χ0) is 17.0. The Morgan fingerprint density at radius 2 is 2.17 bits per heavy atom. The molecule has 0 saturated heterocycles. The van der Waals surface area contributed by atoms with Crippen molar-refractivity contribution < 1.29 is 18.0 Å². The van der Waals surface area contributed by atoms with E-state index >= 15 is 0 Å². The van der Waals surface area contributed by atoms with Gasteiger partial charge < -0.3 is 5.32 Å². The first-order valence-electron chi connectivity index (χ1n) is 6.50. The van der Waals surface area contributed by atoms with Crippen LogP contribution in [-0.4, -0.2) is 26.8 Å². The molecular weight excluding hydrogens is 353 g/mol. The van der Waals surface area contributed by atoms with Gasteiger partial charge in [-0.2, -0.15) is 13.2 Å². The summed E-state index contributed by atoms with van der Waals surface area (Å²) < 4.78 is 38.8. The van der Waals surface area contributed by atoms with Gasteiger partial charge in [-0.05, 0) is 18.2 Å². The Hall–Kier alpha value is -1.74. The normalized spacial score (nSPS) is 11.5. The molecule has 0 atom stereocenters. The van der Waals surface area contributed by atoms with Gasteiger partial charge in [0.25, 0.3) is 0 Å². The summed E-state index contributed by atoms with van der Waals surface area (Å²) in [6.07, 6.45) is -3.94. The smallest absolute Gasteiger partial charge is 0.325 e. The number of H-pyrrole nitrogens is 1. The fourth-order valence-corrected chi connectivity index (χ4v) is 2.47. The average molecular weight is 365 g/mol. The van der Waals surface area contributed by atoms with Crippen LogP contribution in [0, 0.1) is 0 Å². The number of hydrogen-bond donors (Lipinski definition) is 2. The molecule has 2 rings (SSSR count). The molecular formula is C13H12ClF3N4OS. The van der Waals surface area contributed by atoms with E-state index in [1.54, 1.807) is 0 Å². The van der Waals surface area contributed by atoms with Gasteiger partial charge in [-0.1, -0.05) is 30.3 Å². The lowest BCUT2D eigenvalue weighted by Crippen LogP contribution is -2.18. The summed E-state index contributed by atoms with van der Waals surface area (Å²) in [7, 11) is 0. The molecule has 0 unspecified atom stereocenters. The maximum atomic E-state index is 12.9. The molecule has 0 fully saturated rings. The van der Waals surface area contributed by atoms with Crippen LogP contribution >= 0.6 is 23.4 Å². The van der Waals surface area contributed by atoms with Crippen molar-refractivity contribution in [2.24, 2.45) is 0 Å². The molecule has 1 aromatic carbocycles. The van der Waals surface area contributed by atoms with Gasteiger partial charge in [0, 0.05) is 11.4 Å². The first-order chi connectivity index (χ1) is 10.8. The highest BCUT2D eigenvalue weighted by atomic mass is 35.5. The lowest BCUT2D eigenvalue weighted by atomic mass is 10.1. The third kappa shape index (κ3) is 4.87. The lowest BCUT2D eigenvalue weighted by molar-refractivity contribution is -0.137. The Bertz CT molecular complexity index is 705. The number of nitrogens with zero attached hydrogens (tertiary/aromatic N) is 2. The van der Waals surface area contributed by atoms with E-state index in [4.69, 9.17) is 11.6 Å². The van der Waals surface area contributed by atoms with Crippen molar-refractivity contribution in [1.82, 2.24) is 15.2 Å². The number of benzene rings is 1. The molecule has 2 aromatic rings. The van der Waals surface area contributed by atoms with Gasteiger partial charge in [0.05, 0.1) is 17.0 Å². The average Bonchev–Trinajstić information content (AvgIpc) is 2.94. The van der Waals surface area contributed by atoms with Crippen molar-refractivity contribution in [2.45, 2.75) is 24.7 Å². The summed E-state index contributed by atoms with van der Waals surface area (Å²) >= 11 is 6.61. The molecule has 0 radical (unpaired) electrons. The molecule has 0 aliphatic rings. The minimum Gasteiger partial charge on any atom is -0.325 e. The Morgan fingerprint density at radius 1 is 1.43 bits per heavy atom. The predicted octanol–water partition coefficient (Wildman–Crippen LogP) is 3.77. The number of carbonyl (C=O) groups excluding carboxylic acids is 1. The van der Waals surface area contributed by atoms with E-state index in [-0.39, 0.29) is 16.5 Å². The van der Waals surface area contributed by atoms with Crippen LogP contribution in [0.1, 0.15) is 18.3 Å². The van der Waals surface area contributed by atoms with Crippen LogP contribution in [-0.2, 0) is 17.4 Å². The van der Waals surface area contributed by atoms with Gasteiger partial charge in [-0.3, -0.25) is 9.89 Å². The summed E-state index contributed by atoms with van der Waals surface area (Å²) in [5.41, 5.74) is -1.33. The molecule has 0 aliphatic carbocycles. The third-order valence-electron chi connectivity index (χ3n) is 2.74. The van der Waals surface area contributed by atoms with E-state index in [1.165, 1.54) is 6.07 Å². The van der Waals surface area contributed by atoms with Gasteiger partial charge >= 0.3 is 6.18 Å². The molecule has 0 saturated carbocycles. The fraction of sp³-hybridized carbons (Fsp3) is 0.308. The second-order valence-corrected chi connectivity index (χ2v) is 5.82. The van der Waals surface area contributed by atoms with Gasteiger partial charge in [-0.15, -0.1) is 5.10 Å². The second kappa shape index (κ2) is 7.22. The number of carbonyl (C=O) groups is 1. The second-order valence-electron chi connectivity index (χ2n) is 4.44. The minimum atomic E-state index is -4.61. The number of nitrogens with one attached hydrogen (secondary N) is 2. The third-order valence-corrected chi connectivity index (χ3v) is 3.82. The number of hydrogen-bond acceptors (Lipinski definition) is 4. The zero-order valence-corrected chi connectivity index (χ0v) is 13.4. The molecule has 5 nitrogen and oxygen atoms in total. The number of rotatable bonds is 5. The fourth-order valence-electron chi connectivity index (χ4n) is 1.68. The lowest BCUT2D eigenvalue weighted by Gasteiger charge is -2.13. The van der Waals surface area contributed by atoms with Crippen LogP contribution in [0.15, 0.2) is 23.4 Å². The highest BCUT2D eigenvalue weighted by Gasteiger charge is 2.34. The van der Waals surface area contributed by atoms with Crippen LogP contribution in [0.3, 0.4) is 0 Å². The van der Waals surface area contributed by atoms with Crippen LogP contribution in [0.25, 0.3) is 0 Å². The van der Waals surface area contributed by atoms with E-state index in [9.17, 15) is 18.0 Å². The van der Waals surface area contributed by atoms with Crippen molar-refractivity contribution in [3.63, 3.8) is 0 Å². The largest absolute Gasteiger partial charge is 0.418 e. The monoisotopic (exact) mass is 364 g/mol. The van der Waals surface area contributed by atoms with Gasteiger partial charge in [-0.25, -0.2) is 4.98 Å². The predicted molar refractivity (Wildman–Crippen MR) is 81.6 cm³/mol. The summed E-state index contributed by atoms with van der Waals surface area (Å²) in [5.74, 6) is -0.0309. The van der Waals surface area contributed by atoms with Gasteiger partial charge in [0.2, 0.25) is 11.1 Å². The topological polar surface area (TPSA) is 70.7 Å². The van der Waals surface area contributed by atoms with Crippen molar-refractivity contribution in [3.05, 3.63) is 34.6 Å². The number of aromatic amines is 1. The molecule has 1 aromatic heterocycles. The SMILES string of the molecule is CCc1nc(SCC(=O)Nc2ccc(Cl)cc2C(F)(F)F)n[nH]1. The summed E-state index contributed by atoms with van der Waals surface area (Å²) in [4.78, 5) is 15.9. The van der Waals surface area contributed by atoms with Gasteiger partial charge in [0.1, 0.15) is 5.82 Å². The maximum absolute atomic E-state index is 12.9. The summed E-state index contributed by atoms with van der Waals surface area (Å²) in [6, 6.07) is 3.17. The Balaban J connectivity index is 2.02. The molecule has 0 aliphatic heterocycles. The number of aromatic nitrogens is 3. The summed E-state index contributed by atoms with van der Waals surface area (Å²) in [6.45, 7) is 1.89. The maximum Gasteiger partial charge on any atom is 0.418 e. The van der Waals surface area contributed by atoms with Gasteiger partial charge in [0.15, 0.2) is 0 Å². The number of amides is 1. The van der Waals surface area contributed by atoms with Crippen LogP contribution in [0.2, 0.25) is 5.02 Å². The van der Waals surface area contributed by atoms with E-state index < -0.39 is 17.6 Å². The van der Waals surface area contributed by atoms with Crippen molar-refractivity contribution >= 4 is 35.0 Å². The Morgan fingerprint density at radius 3 is 2.78 bits per heavy atom. The number of halogens is 4. The molecule has 2 N–H and O–H groups in total. The quantitative estimate of drug-likeness (QED) is 0.792. The van der Waals surface area contributed by atoms with E-state index in [0.717, 1.165) is 23.9 Å². The molecule has 23 heavy (non-hydrogen) atoms. The molecule has 10 heteroatoms. The summed E-state index contributed by atoms with van der Waals surface area (Å²) in [5, 5.41) is 9.11. The van der Waals surface area contributed by atoms with E-state index in [0.29, 0.717) is 17.4 Å². The number of thioether (sulfide) groups is 1. The molecule has 1 amide bonds. The standard InChI is InChI=1S/C13H12ClF3N4OS/c1-2-10-19-12(21-20-10)23-6-11(22)18-9-4-3-7(14)5-8(9)13(15,16)17/h3-5H,2,6H2,1H3,(H,18,22)(H,19,20,21). The minimum absolute atomic E-state index is 0.0579. The number of anilines is 1.